The highest BCUT2D eigenvalue weighted by Crippen LogP contribution is 2.13. The maximum absolute atomic E-state index is 11.1. The summed E-state index contributed by atoms with van der Waals surface area (Å²) in [7, 11) is 1.80. The fraction of sp³-hybridized carbons (Fsp3) is 0.615. The number of unbranched alkanes of at least 4 members (excludes halogenated alkanes) is 2. The maximum Gasteiger partial charge on any atom is 0.219 e. The Morgan fingerprint density at radius 2 is 2.19 bits per heavy atom. The second-order valence-corrected chi connectivity index (χ2v) is 4.25. The Bertz CT molecular complexity index is 330. The van der Waals surface area contributed by atoms with Gasteiger partial charge in [-0.1, -0.05) is 19.8 Å². The molecule has 0 aromatic carbocycles. The molecule has 3 nitrogen and oxygen atoms in total. The Morgan fingerprint density at radius 1 is 1.44 bits per heavy atom. The molecule has 1 aromatic heterocycles. The van der Waals surface area contributed by atoms with Gasteiger partial charge < -0.3 is 9.32 Å². The first-order valence-corrected chi connectivity index (χ1v) is 5.91. The fourth-order valence-corrected chi connectivity index (χ4v) is 1.57. The molecule has 1 heterocycles. The molecule has 1 amide bonds. The Morgan fingerprint density at radius 3 is 2.81 bits per heavy atom. The minimum Gasteiger partial charge on any atom is -0.469 e. The van der Waals surface area contributed by atoms with Crippen molar-refractivity contribution in [3.63, 3.8) is 0 Å². The van der Waals surface area contributed by atoms with Gasteiger partial charge >= 0.3 is 0 Å². The Labute approximate surface area is 97.4 Å². The highest BCUT2D eigenvalue weighted by atomic mass is 16.3. The number of rotatable bonds is 6. The van der Waals surface area contributed by atoms with E-state index in [4.69, 9.17) is 4.42 Å². The van der Waals surface area contributed by atoms with Crippen LogP contribution in [-0.4, -0.2) is 17.9 Å². The first kappa shape index (κ1) is 12.8. The van der Waals surface area contributed by atoms with Crippen LogP contribution in [-0.2, 0) is 17.8 Å². The van der Waals surface area contributed by atoms with E-state index in [1.54, 1.807) is 25.1 Å². The summed E-state index contributed by atoms with van der Waals surface area (Å²) >= 11 is 0. The zero-order valence-electron chi connectivity index (χ0n) is 10.5. The smallest absolute Gasteiger partial charge is 0.219 e. The van der Waals surface area contributed by atoms with Crippen molar-refractivity contribution in [1.29, 1.82) is 0 Å². The lowest BCUT2D eigenvalue weighted by atomic mass is 10.1. The lowest BCUT2D eigenvalue weighted by molar-refractivity contribution is -0.128. The van der Waals surface area contributed by atoms with Gasteiger partial charge in [0.1, 0.15) is 5.76 Å². The van der Waals surface area contributed by atoms with Crippen LogP contribution >= 0.6 is 0 Å². The third kappa shape index (κ3) is 4.09. The SMILES string of the molecule is CCCCCc1cc(CN(C)C(C)=O)co1. The van der Waals surface area contributed by atoms with Gasteiger partial charge in [0.15, 0.2) is 0 Å². The predicted molar refractivity (Wildman–Crippen MR) is 64.1 cm³/mol. The molecule has 0 unspecified atom stereocenters. The molecule has 90 valence electrons. The van der Waals surface area contributed by atoms with Crippen molar-refractivity contribution in [3.8, 4) is 0 Å². The van der Waals surface area contributed by atoms with E-state index in [0.29, 0.717) is 6.54 Å². The highest BCUT2D eigenvalue weighted by Gasteiger charge is 2.06. The van der Waals surface area contributed by atoms with Crippen LogP contribution in [0.25, 0.3) is 0 Å². The van der Waals surface area contributed by atoms with Gasteiger partial charge in [-0.05, 0) is 12.5 Å². The summed E-state index contributed by atoms with van der Waals surface area (Å²) in [6, 6.07) is 2.05. The third-order valence-electron chi connectivity index (χ3n) is 2.69. The number of furan rings is 1. The van der Waals surface area contributed by atoms with Crippen LogP contribution in [0.15, 0.2) is 16.7 Å². The minimum absolute atomic E-state index is 0.0775. The zero-order chi connectivity index (χ0) is 12.0. The van der Waals surface area contributed by atoms with Gasteiger partial charge in [0.05, 0.1) is 6.26 Å². The largest absolute Gasteiger partial charge is 0.469 e. The van der Waals surface area contributed by atoms with E-state index in [1.807, 2.05) is 0 Å². The molecule has 0 radical (unpaired) electrons. The average molecular weight is 223 g/mol. The summed E-state index contributed by atoms with van der Waals surface area (Å²) in [5.41, 5.74) is 1.07. The van der Waals surface area contributed by atoms with Crippen LogP contribution in [0.2, 0.25) is 0 Å². The number of hydrogen-bond donors (Lipinski definition) is 0. The quantitative estimate of drug-likeness (QED) is 0.695. The monoisotopic (exact) mass is 223 g/mol. The molecular weight excluding hydrogens is 202 g/mol. The summed E-state index contributed by atoms with van der Waals surface area (Å²) in [6.45, 7) is 4.39. The Hall–Kier alpha value is -1.25. The summed E-state index contributed by atoms with van der Waals surface area (Å²) in [5, 5.41) is 0. The van der Waals surface area contributed by atoms with Crippen molar-refractivity contribution in [3.05, 3.63) is 23.7 Å². The number of amides is 1. The molecule has 0 bridgehead atoms. The van der Waals surface area contributed by atoms with Crippen LogP contribution in [0.5, 0.6) is 0 Å². The second-order valence-electron chi connectivity index (χ2n) is 4.25. The van der Waals surface area contributed by atoms with E-state index < -0.39 is 0 Å². The van der Waals surface area contributed by atoms with Gasteiger partial charge in [0, 0.05) is 32.5 Å². The van der Waals surface area contributed by atoms with Gasteiger partial charge in [0.25, 0.3) is 0 Å². The fourth-order valence-electron chi connectivity index (χ4n) is 1.57. The highest BCUT2D eigenvalue weighted by molar-refractivity contribution is 5.72. The maximum atomic E-state index is 11.1. The molecule has 0 aliphatic heterocycles. The molecule has 0 aliphatic rings. The molecule has 0 saturated heterocycles. The van der Waals surface area contributed by atoms with Gasteiger partial charge in [0.2, 0.25) is 5.91 Å². The molecule has 0 saturated carbocycles. The van der Waals surface area contributed by atoms with Crippen molar-refractivity contribution in [2.24, 2.45) is 0 Å². The van der Waals surface area contributed by atoms with E-state index in [-0.39, 0.29) is 5.91 Å². The van der Waals surface area contributed by atoms with Crippen LogP contribution in [0.1, 0.15) is 44.4 Å². The molecule has 16 heavy (non-hydrogen) atoms. The molecule has 1 aromatic rings. The molecule has 3 heteroatoms. The molecule has 0 spiro atoms. The summed E-state index contributed by atoms with van der Waals surface area (Å²) in [5.74, 6) is 1.11. The normalized spacial score (nSPS) is 10.4. The molecule has 0 N–H and O–H groups in total. The molecule has 0 aliphatic carbocycles. The van der Waals surface area contributed by atoms with E-state index >= 15 is 0 Å². The molecule has 1 rings (SSSR count). The lowest BCUT2D eigenvalue weighted by Gasteiger charge is -2.12. The van der Waals surface area contributed by atoms with E-state index in [0.717, 1.165) is 17.7 Å². The van der Waals surface area contributed by atoms with Gasteiger partial charge in [-0.25, -0.2) is 0 Å². The zero-order valence-corrected chi connectivity index (χ0v) is 10.5. The van der Waals surface area contributed by atoms with Gasteiger partial charge in [-0.15, -0.1) is 0 Å². The van der Waals surface area contributed by atoms with Crippen molar-refractivity contribution >= 4 is 5.91 Å². The number of carbonyl (C=O) groups is 1. The Balaban J connectivity index is 2.42. The summed E-state index contributed by atoms with van der Waals surface area (Å²) in [6.07, 6.45) is 6.38. The van der Waals surface area contributed by atoms with Crippen molar-refractivity contribution in [1.82, 2.24) is 4.90 Å². The molecule has 0 atom stereocenters. The van der Waals surface area contributed by atoms with Crippen LogP contribution in [0.3, 0.4) is 0 Å². The topological polar surface area (TPSA) is 33.5 Å². The third-order valence-corrected chi connectivity index (χ3v) is 2.69. The number of hydrogen-bond acceptors (Lipinski definition) is 2. The number of nitrogens with zero attached hydrogens (tertiary/aromatic N) is 1. The van der Waals surface area contributed by atoms with E-state index in [9.17, 15) is 4.79 Å². The predicted octanol–water partition coefficient (Wildman–Crippen LogP) is 2.99. The molecular formula is C13H21NO2. The van der Waals surface area contributed by atoms with Gasteiger partial charge in [-0.2, -0.15) is 0 Å². The van der Waals surface area contributed by atoms with Crippen LogP contribution in [0.4, 0.5) is 0 Å². The number of carbonyl (C=O) groups excluding carboxylic acids is 1. The van der Waals surface area contributed by atoms with Gasteiger partial charge in [-0.3, -0.25) is 4.79 Å². The standard InChI is InChI=1S/C13H21NO2/c1-4-5-6-7-13-8-12(10-16-13)9-14(3)11(2)15/h8,10H,4-7,9H2,1-3H3. The minimum atomic E-state index is 0.0775. The first-order chi connectivity index (χ1) is 7.63. The number of aryl methyl sites for hydroxylation is 1. The second kappa shape index (κ2) is 6.36. The summed E-state index contributed by atoms with van der Waals surface area (Å²) < 4.78 is 5.45. The van der Waals surface area contributed by atoms with Crippen LogP contribution < -0.4 is 0 Å². The van der Waals surface area contributed by atoms with Crippen molar-refractivity contribution < 1.29 is 9.21 Å². The van der Waals surface area contributed by atoms with Crippen molar-refractivity contribution in [2.45, 2.75) is 46.1 Å². The average Bonchev–Trinajstić information content (AvgIpc) is 2.66. The first-order valence-electron chi connectivity index (χ1n) is 5.91. The molecule has 0 fully saturated rings. The van der Waals surface area contributed by atoms with E-state index in [1.165, 1.54) is 19.3 Å². The van der Waals surface area contributed by atoms with Crippen LogP contribution in [0, 0.1) is 0 Å². The van der Waals surface area contributed by atoms with E-state index in [2.05, 4.69) is 13.0 Å². The Kier molecular flexibility index (Phi) is 5.09. The van der Waals surface area contributed by atoms with Crippen molar-refractivity contribution in [2.75, 3.05) is 7.05 Å². The lowest BCUT2D eigenvalue weighted by Crippen LogP contribution is -2.22. The summed E-state index contributed by atoms with van der Waals surface area (Å²) in [4.78, 5) is 12.7.